The molecule has 2 aliphatic rings. The summed E-state index contributed by atoms with van der Waals surface area (Å²) in [5.74, 6) is -1.70. The summed E-state index contributed by atoms with van der Waals surface area (Å²) in [5, 5.41) is 0. The molecule has 0 spiro atoms. The number of esters is 1. The molecule has 3 rings (SSSR count). The van der Waals surface area contributed by atoms with Gasteiger partial charge in [0.25, 0.3) is 0 Å². The molecule has 0 N–H and O–H groups in total. The fraction of sp³-hybridized carbons (Fsp3) is 0.667. The third kappa shape index (κ3) is 6.48. The molecule has 0 aliphatic carbocycles. The van der Waals surface area contributed by atoms with E-state index in [0.717, 1.165) is 9.18 Å². The normalized spacial score (nSPS) is 20.1. The van der Waals surface area contributed by atoms with Gasteiger partial charge in [0.1, 0.15) is 18.6 Å². The molecule has 0 unspecified atom stereocenters. The van der Waals surface area contributed by atoms with Crippen molar-refractivity contribution in [3.8, 4) is 0 Å². The van der Waals surface area contributed by atoms with Gasteiger partial charge in [-0.3, -0.25) is 14.4 Å². The predicted molar refractivity (Wildman–Crippen MR) is 127 cm³/mol. The van der Waals surface area contributed by atoms with E-state index in [1.807, 2.05) is 0 Å². The first kappa shape index (κ1) is 26.9. The number of morpholine rings is 1. The van der Waals surface area contributed by atoms with Crippen molar-refractivity contribution in [3.05, 3.63) is 21.3 Å². The summed E-state index contributed by atoms with van der Waals surface area (Å²) in [5.41, 5.74) is 0. The second kappa shape index (κ2) is 11.8. The number of hydrogen-bond acceptors (Lipinski definition) is 8. The minimum Gasteiger partial charge on any atom is -0.465 e. The molecule has 190 valence electrons. The van der Waals surface area contributed by atoms with E-state index in [1.54, 1.807) is 30.9 Å². The quantitative estimate of drug-likeness (QED) is 0.410. The van der Waals surface area contributed by atoms with E-state index in [-0.39, 0.29) is 37.7 Å². The minimum atomic E-state index is -3.99. The van der Waals surface area contributed by atoms with E-state index in [9.17, 15) is 22.8 Å². The first-order valence-corrected chi connectivity index (χ1v) is 14.0. The number of likely N-dealkylation sites (tertiary alicyclic amines) is 1. The van der Waals surface area contributed by atoms with Gasteiger partial charge in [0, 0.05) is 24.5 Å². The van der Waals surface area contributed by atoms with Gasteiger partial charge in [-0.2, -0.15) is 4.31 Å². The van der Waals surface area contributed by atoms with Crippen molar-refractivity contribution in [1.82, 2.24) is 14.1 Å². The van der Waals surface area contributed by atoms with Crippen LogP contribution < -0.4 is 0 Å². The molecule has 0 saturated carbocycles. The molecule has 10 nitrogen and oxygen atoms in total. The molecule has 1 aromatic rings. The van der Waals surface area contributed by atoms with Gasteiger partial charge >= 0.3 is 5.97 Å². The number of carbonyl (C=O) groups is 3. The molecular formula is C21H30ClN3O7S2. The van der Waals surface area contributed by atoms with Crippen LogP contribution in [0.1, 0.15) is 25.1 Å². The van der Waals surface area contributed by atoms with E-state index >= 15 is 0 Å². The molecular weight excluding hydrogens is 506 g/mol. The molecule has 2 fully saturated rings. The number of halogens is 1. The van der Waals surface area contributed by atoms with Crippen molar-refractivity contribution in [3.63, 3.8) is 0 Å². The number of hydrogen-bond donors (Lipinski definition) is 0. The lowest BCUT2D eigenvalue weighted by Crippen LogP contribution is -2.53. The lowest BCUT2D eigenvalue weighted by Gasteiger charge is -2.33. The molecule has 13 heteroatoms. The van der Waals surface area contributed by atoms with Gasteiger partial charge in [-0.15, -0.1) is 11.3 Å². The van der Waals surface area contributed by atoms with Gasteiger partial charge in [0.2, 0.25) is 21.8 Å². The van der Waals surface area contributed by atoms with Crippen molar-refractivity contribution in [1.29, 1.82) is 0 Å². The van der Waals surface area contributed by atoms with Crippen LogP contribution in [0.25, 0.3) is 0 Å². The Balaban J connectivity index is 1.75. The Morgan fingerprint density at radius 1 is 1.29 bits per heavy atom. The Bertz CT molecular complexity index is 994. The highest BCUT2D eigenvalue weighted by molar-refractivity contribution is 7.89. The van der Waals surface area contributed by atoms with E-state index in [4.69, 9.17) is 21.1 Å². The van der Waals surface area contributed by atoms with Crippen molar-refractivity contribution in [2.24, 2.45) is 0 Å². The van der Waals surface area contributed by atoms with Crippen LogP contribution in [-0.4, -0.2) is 104 Å². The van der Waals surface area contributed by atoms with Crippen molar-refractivity contribution in [2.45, 2.75) is 38.8 Å². The lowest BCUT2D eigenvalue weighted by molar-refractivity contribution is -0.147. The first-order valence-electron chi connectivity index (χ1n) is 11.2. The number of nitrogens with zero attached hydrogens (tertiary/aromatic N) is 3. The average molecular weight is 536 g/mol. The largest absolute Gasteiger partial charge is 0.465 e. The molecule has 0 aromatic carbocycles. The fourth-order valence-electron chi connectivity index (χ4n) is 4.09. The van der Waals surface area contributed by atoms with Crippen molar-refractivity contribution >= 4 is 50.7 Å². The Morgan fingerprint density at radius 2 is 2.00 bits per heavy atom. The van der Waals surface area contributed by atoms with Crippen LogP contribution >= 0.6 is 22.9 Å². The zero-order valence-electron chi connectivity index (χ0n) is 19.3. The zero-order valence-corrected chi connectivity index (χ0v) is 21.7. The van der Waals surface area contributed by atoms with Gasteiger partial charge < -0.3 is 19.3 Å². The molecule has 2 amide bonds. The standard InChI is InChI=1S/C21H30ClN3O7S2/c1-3-32-19(26)14-25(34(29,30)13-7-16-4-5-18(22)33-16)17-6-8-24(21(17)28)15(2)20(27)23-9-11-31-12-10-23/h4-5,15,17H,3,6-14H2,1-2H3/t15-,17-/m0/s1. The SMILES string of the molecule is CCOC(=O)CN([C@H]1CCN([C@@H](C)C(=O)N2CCOCC2)C1=O)S(=O)(=O)CCc1ccc(Cl)s1. The Labute approximate surface area is 208 Å². The minimum absolute atomic E-state index is 0.0935. The van der Waals surface area contributed by atoms with Crippen LogP contribution in [-0.2, 0) is 40.3 Å². The van der Waals surface area contributed by atoms with Gasteiger partial charge in [0.15, 0.2) is 0 Å². The lowest BCUT2D eigenvalue weighted by atomic mass is 10.2. The Morgan fingerprint density at radius 3 is 2.62 bits per heavy atom. The van der Waals surface area contributed by atoms with Gasteiger partial charge in [-0.05, 0) is 38.8 Å². The van der Waals surface area contributed by atoms with Gasteiger partial charge in [-0.1, -0.05) is 11.6 Å². The maximum Gasteiger partial charge on any atom is 0.321 e. The molecule has 2 aliphatic heterocycles. The van der Waals surface area contributed by atoms with Crippen LogP contribution in [0.3, 0.4) is 0 Å². The molecule has 0 bridgehead atoms. The molecule has 2 atom stereocenters. The summed E-state index contributed by atoms with van der Waals surface area (Å²) in [7, 11) is -3.99. The van der Waals surface area contributed by atoms with Crippen molar-refractivity contribution < 1.29 is 32.3 Å². The van der Waals surface area contributed by atoms with E-state index in [1.165, 1.54) is 16.2 Å². The summed E-state index contributed by atoms with van der Waals surface area (Å²) >= 11 is 7.22. The summed E-state index contributed by atoms with van der Waals surface area (Å²) in [4.78, 5) is 42.2. The summed E-state index contributed by atoms with van der Waals surface area (Å²) < 4.78 is 38.3. The van der Waals surface area contributed by atoms with E-state index in [2.05, 4.69) is 0 Å². The summed E-state index contributed by atoms with van der Waals surface area (Å²) in [6.45, 7) is 4.80. The van der Waals surface area contributed by atoms with E-state index < -0.39 is 40.5 Å². The number of amides is 2. The number of carbonyl (C=O) groups excluding carboxylic acids is 3. The van der Waals surface area contributed by atoms with Gasteiger partial charge in [-0.25, -0.2) is 8.42 Å². The highest BCUT2D eigenvalue weighted by atomic mass is 35.5. The monoisotopic (exact) mass is 535 g/mol. The Hall–Kier alpha value is -1.73. The number of rotatable bonds is 10. The highest BCUT2D eigenvalue weighted by Gasteiger charge is 2.45. The second-order valence-electron chi connectivity index (χ2n) is 8.07. The molecule has 3 heterocycles. The summed E-state index contributed by atoms with van der Waals surface area (Å²) in [6, 6.07) is 1.63. The molecule has 0 radical (unpaired) electrons. The third-order valence-electron chi connectivity index (χ3n) is 5.89. The van der Waals surface area contributed by atoms with Crippen LogP contribution in [0.4, 0.5) is 0 Å². The van der Waals surface area contributed by atoms with Crippen LogP contribution in [0.2, 0.25) is 4.34 Å². The topological polar surface area (TPSA) is 114 Å². The van der Waals surface area contributed by atoms with Gasteiger partial charge in [0.05, 0.1) is 29.9 Å². The summed E-state index contributed by atoms with van der Waals surface area (Å²) in [6.07, 6.45) is 0.388. The number of sulfonamides is 1. The first-order chi connectivity index (χ1) is 16.1. The van der Waals surface area contributed by atoms with Crippen LogP contribution in [0, 0.1) is 0 Å². The molecule has 34 heavy (non-hydrogen) atoms. The van der Waals surface area contributed by atoms with Crippen LogP contribution in [0.5, 0.6) is 0 Å². The zero-order chi connectivity index (χ0) is 24.9. The number of aryl methyl sites for hydroxylation is 1. The predicted octanol–water partition coefficient (Wildman–Crippen LogP) is 0.987. The third-order valence-corrected chi connectivity index (χ3v) is 9.00. The van der Waals surface area contributed by atoms with Crippen LogP contribution in [0.15, 0.2) is 12.1 Å². The maximum atomic E-state index is 13.3. The van der Waals surface area contributed by atoms with Crippen molar-refractivity contribution in [2.75, 3.05) is 51.8 Å². The molecule has 1 aromatic heterocycles. The number of thiophene rings is 1. The fourth-order valence-corrected chi connectivity index (χ4v) is 6.90. The smallest absolute Gasteiger partial charge is 0.321 e. The Kier molecular flexibility index (Phi) is 9.33. The second-order valence-corrected chi connectivity index (χ2v) is 11.9. The highest BCUT2D eigenvalue weighted by Crippen LogP contribution is 2.26. The maximum absolute atomic E-state index is 13.3. The molecule has 2 saturated heterocycles. The average Bonchev–Trinajstić information content (AvgIpc) is 3.41. The van der Waals surface area contributed by atoms with E-state index in [0.29, 0.717) is 30.6 Å². The number of ether oxygens (including phenoxy) is 2.